The van der Waals surface area contributed by atoms with Gasteiger partial charge in [-0.05, 0) is 30.5 Å². The van der Waals surface area contributed by atoms with Crippen LogP contribution in [-0.4, -0.2) is 9.97 Å². The van der Waals surface area contributed by atoms with Crippen molar-refractivity contribution in [1.82, 2.24) is 4.98 Å². The maximum absolute atomic E-state index is 5.65. The van der Waals surface area contributed by atoms with E-state index in [-0.39, 0.29) is 0 Å². The zero-order chi connectivity index (χ0) is 14.0. The van der Waals surface area contributed by atoms with Crippen molar-refractivity contribution < 1.29 is 0 Å². The Balaban J connectivity index is 2.37. The lowest BCUT2D eigenvalue weighted by Gasteiger charge is -2.09. The molecule has 2 rings (SSSR count). The SMILES string of the molecule is Cc1nc(-c2ccc(C(C)C)cc2)ccc1C(N)=S. The third-order valence-electron chi connectivity index (χ3n) is 3.22. The normalized spacial score (nSPS) is 10.7. The van der Waals surface area contributed by atoms with E-state index < -0.39 is 0 Å². The van der Waals surface area contributed by atoms with Crippen LogP contribution in [0.5, 0.6) is 0 Å². The van der Waals surface area contributed by atoms with Crippen LogP contribution in [0.2, 0.25) is 0 Å². The molecular formula is C16H18N2S. The summed E-state index contributed by atoms with van der Waals surface area (Å²) in [5.41, 5.74) is 10.8. The number of pyridine rings is 1. The summed E-state index contributed by atoms with van der Waals surface area (Å²) in [6.45, 7) is 6.31. The fourth-order valence-corrected chi connectivity index (χ4v) is 2.24. The van der Waals surface area contributed by atoms with E-state index in [9.17, 15) is 0 Å². The number of aromatic nitrogens is 1. The number of benzene rings is 1. The van der Waals surface area contributed by atoms with Crippen LogP contribution < -0.4 is 5.73 Å². The Morgan fingerprint density at radius 1 is 1.11 bits per heavy atom. The second-order valence-corrected chi connectivity index (χ2v) is 5.41. The molecule has 3 heteroatoms. The van der Waals surface area contributed by atoms with Gasteiger partial charge in [0.15, 0.2) is 0 Å². The van der Waals surface area contributed by atoms with Crippen molar-refractivity contribution in [3.8, 4) is 11.3 Å². The first-order valence-corrected chi connectivity index (χ1v) is 6.77. The quantitative estimate of drug-likeness (QED) is 0.862. The Kier molecular flexibility index (Phi) is 3.96. The fraction of sp³-hybridized carbons (Fsp3) is 0.250. The van der Waals surface area contributed by atoms with Crippen LogP contribution in [0, 0.1) is 6.92 Å². The van der Waals surface area contributed by atoms with Gasteiger partial charge in [-0.1, -0.05) is 50.3 Å². The summed E-state index contributed by atoms with van der Waals surface area (Å²) in [6.07, 6.45) is 0. The molecule has 1 heterocycles. The van der Waals surface area contributed by atoms with Gasteiger partial charge in [0.1, 0.15) is 4.99 Å². The maximum atomic E-state index is 5.65. The molecule has 0 aliphatic carbocycles. The van der Waals surface area contributed by atoms with Crippen LogP contribution in [0.15, 0.2) is 36.4 Å². The molecule has 1 aromatic carbocycles. The van der Waals surface area contributed by atoms with Gasteiger partial charge in [0.05, 0.1) is 5.69 Å². The molecule has 0 fully saturated rings. The maximum Gasteiger partial charge on any atom is 0.105 e. The Labute approximate surface area is 119 Å². The molecule has 1 aromatic heterocycles. The van der Waals surface area contributed by atoms with Gasteiger partial charge in [-0.2, -0.15) is 0 Å². The summed E-state index contributed by atoms with van der Waals surface area (Å²) in [6, 6.07) is 12.4. The van der Waals surface area contributed by atoms with Gasteiger partial charge in [-0.25, -0.2) is 0 Å². The fourth-order valence-electron chi connectivity index (χ4n) is 2.02. The number of rotatable bonds is 3. The number of thiocarbonyl (C=S) groups is 1. The van der Waals surface area contributed by atoms with E-state index >= 15 is 0 Å². The Hall–Kier alpha value is -1.74. The monoisotopic (exact) mass is 270 g/mol. The molecule has 0 aliphatic heterocycles. The zero-order valence-electron chi connectivity index (χ0n) is 11.5. The van der Waals surface area contributed by atoms with E-state index in [0.717, 1.165) is 22.5 Å². The van der Waals surface area contributed by atoms with Gasteiger partial charge in [-0.15, -0.1) is 0 Å². The van der Waals surface area contributed by atoms with E-state index in [1.165, 1.54) is 5.56 Å². The van der Waals surface area contributed by atoms with Gasteiger partial charge in [-0.3, -0.25) is 4.98 Å². The molecule has 0 aliphatic rings. The molecular weight excluding hydrogens is 252 g/mol. The summed E-state index contributed by atoms with van der Waals surface area (Å²) in [5, 5.41) is 0. The van der Waals surface area contributed by atoms with Gasteiger partial charge in [0.2, 0.25) is 0 Å². The van der Waals surface area contributed by atoms with Crippen molar-refractivity contribution in [1.29, 1.82) is 0 Å². The molecule has 0 unspecified atom stereocenters. The molecule has 2 aromatic rings. The highest BCUT2D eigenvalue weighted by Gasteiger charge is 2.06. The molecule has 0 saturated carbocycles. The highest BCUT2D eigenvalue weighted by atomic mass is 32.1. The third kappa shape index (κ3) is 2.99. The van der Waals surface area contributed by atoms with Crippen LogP contribution in [0.4, 0.5) is 0 Å². The van der Waals surface area contributed by atoms with Gasteiger partial charge in [0.25, 0.3) is 0 Å². The Bertz CT molecular complexity index is 601. The zero-order valence-corrected chi connectivity index (χ0v) is 12.3. The lowest BCUT2D eigenvalue weighted by molar-refractivity contribution is 0.867. The molecule has 0 saturated heterocycles. The summed E-state index contributed by atoms with van der Waals surface area (Å²) in [5.74, 6) is 0.542. The summed E-state index contributed by atoms with van der Waals surface area (Å²) in [7, 11) is 0. The average Bonchev–Trinajstić information content (AvgIpc) is 2.38. The summed E-state index contributed by atoms with van der Waals surface area (Å²) < 4.78 is 0. The molecule has 0 amide bonds. The molecule has 0 radical (unpaired) electrons. The Morgan fingerprint density at radius 3 is 2.21 bits per heavy atom. The highest BCUT2D eigenvalue weighted by Crippen LogP contribution is 2.22. The largest absolute Gasteiger partial charge is 0.389 e. The first-order valence-electron chi connectivity index (χ1n) is 6.37. The van der Waals surface area contributed by atoms with Crippen LogP contribution in [-0.2, 0) is 0 Å². The molecule has 0 atom stereocenters. The number of hydrogen-bond acceptors (Lipinski definition) is 2. The van der Waals surface area contributed by atoms with E-state index in [1.54, 1.807) is 0 Å². The number of nitrogens with two attached hydrogens (primary N) is 1. The predicted octanol–water partition coefficient (Wildman–Crippen LogP) is 3.81. The smallest absolute Gasteiger partial charge is 0.105 e. The van der Waals surface area contributed by atoms with Gasteiger partial charge in [0, 0.05) is 16.8 Å². The highest BCUT2D eigenvalue weighted by molar-refractivity contribution is 7.80. The minimum atomic E-state index is 0.395. The minimum absolute atomic E-state index is 0.395. The molecule has 2 N–H and O–H groups in total. The minimum Gasteiger partial charge on any atom is -0.389 e. The van der Waals surface area contributed by atoms with E-state index in [2.05, 4.69) is 43.1 Å². The molecule has 98 valence electrons. The van der Waals surface area contributed by atoms with Crippen LogP contribution in [0.3, 0.4) is 0 Å². The van der Waals surface area contributed by atoms with Crippen molar-refractivity contribution in [3.05, 3.63) is 53.2 Å². The second-order valence-electron chi connectivity index (χ2n) is 4.97. The van der Waals surface area contributed by atoms with Crippen LogP contribution >= 0.6 is 12.2 Å². The van der Waals surface area contributed by atoms with Crippen molar-refractivity contribution >= 4 is 17.2 Å². The van der Waals surface area contributed by atoms with Crippen molar-refractivity contribution in [3.63, 3.8) is 0 Å². The van der Waals surface area contributed by atoms with E-state index in [1.807, 2.05) is 19.1 Å². The molecule has 0 spiro atoms. The van der Waals surface area contributed by atoms with Crippen LogP contribution in [0.25, 0.3) is 11.3 Å². The molecule has 19 heavy (non-hydrogen) atoms. The molecule has 2 nitrogen and oxygen atoms in total. The van der Waals surface area contributed by atoms with Crippen LogP contribution in [0.1, 0.15) is 36.6 Å². The molecule has 0 bridgehead atoms. The second kappa shape index (κ2) is 5.49. The first kappa shape index (κ1) is 13.7. The van der Waals surface area contributed by atoms with Crippen molar-refractivity contribution in [2.45, 2.75) is 26.7 Å². The van der Waals surface area contributed by atoms with E-state index in [4.69, 9.17) is 18.0 Å². The van der Waals surface area contributed by atoms with Gasteiger partial charge >= 0.3 is 0 Å². The Morgan fingerprint density at radius 2 is 1.74 bits per heavy atom. The first-order chi connectivity index (χ1) is 8.99. The third-order valence-corrected chi connectivity index (χ3v) is 3.44. The standard InChI is InChI=1S/C16H18N2S/c1-10(2)12-4-6-13(7-5-12)15-9-8-14(16(17)19)11(3)18-15/h4-10H,1-3H3,(H2,17,19). The van der Waals surface area contributed by atoms with Crippen molar-refractivity contribution in [2.75, 3.05) is 0 Å². The summed E-state index contributed by atoms with van der Waals surface area (Å²) in [4.78, 5) is 4.97. The number of aryl methyl sites for hydroxylation is 1. The predicted molar refractivity (Wildman–Crippen MR) is 84.4 cm³/mol. The lowest BCUT2D eigenvalue weighted by Crippen LogP contribution is -2.12. The average molecular weight is 270 g/mol. The van der Waals surface area contributed by atoms with Crippen molar-refractivity contribution in [2.24, 2.45) is 5.73 Å². The topological polar surface area (TPSA) is 38.9 Å². The summed E-state index contributed by atoms with van der Waals surface area (Å²) >= 11 is 4.99. The lowest BCUT2D eigenvalue weighted by atomic mass is 10.0. The van der Waals surface area contributed by atoms with Gasteiger partial charge < -0.3 is 5.73 Å². The number of nitrogens with zero attached hydrogens (tertiary/aromatic N) is 1. The van der Waals surface area contributed by atoms with E-state index in [0.29, 0.717) is 10.9 Å². The number of hydrogen-bond donors (Lipinski definition) is 1.